The van der Waals surface area contributed by atoms with Gasteiger partial charge in [0.1, 0.15) is 5.75 Å². The summed E-state index contributed by atoms with van der Waals surface area (Å²) in [5, 5.41) is 0. The number of rotatable bonds is 3. The Labute approximate surface area is 123 Å². The Morgan fingerprint density at radius 1 is 1.35 bits per heavy atom. The van der Waals surface area contributed by atoms with Crippen molar-refractivity contribution in [3.05, 3.63) is 27.8 Å². The molecule has 1 aromatic rings. The van der Waals surface area contributed by atoms with Crippen LogP contribution in [0.5, 0.6) is 5.75 Å². The van der Waals surface area contributed by atoms with E-state index in [4.69, 9.17) is 4.74 Å². The van der Waals surface area contributed by atoms with Crippen LogP contribution in [0.4, 0.5) is 0 Å². The second kappa shape index (κ2) is 7.44. The molecule has 0 N–H and O–H groups in total. The molecule has 1 aliphatic rings. The van der Waals surface area contributed by atoms with Gasteiger partial charge in [-0.2, -0.15) is 0 Å². The van der Waals surface area contributed by atoms with Crippen molar-refractivity contribution in [2.24, 2.45) is 5.92 Å². The van der Waals surface area contributed by atoms with E-state index in [9.17, 15) is 0 Å². The van der Waals surface area contributed by atoms with Gasteiger partial charge >= 0.3 is 0 Å². The molecule has 96 valence electrons. The van der Waals surface area contributed by atoms with Gasteiger partial charge in [0, 0.05) is 16.0 Å². The van der Waals surface area contributed by atoms with E-state index in [0.29, 0.717) is 5.92 Å². The zero-order valence-electron chi connectivity index (χ0n) is 10.1. The van der Waals surface area contributed by atoms with Crippen molar-refractivity contribution >= 4 is 35.0 Å². The van der Waals surface area contributed by atoms with E-state index in [-0.39, 0.29) is 12.4 Å². The number of piperidine rings is 1. The molecular formula is C13H19ClINO. The molecular weight excluding hydrogens is 349 g/mol. The largest absolute Gasteiger partial charge is 0.493 e. The summed E-state index contributed by atoms with van der Waals surface area (Å²) in [4.78, 5) is 2.39. The van der Waals surface area contributed by atoms with Crippen LogP contribution in [-0.4, -0.2) is 31.6 Å². The summed E-state index contributed by atoms with van der Waals surface area (Å²) < 4.78 is 7.07. The van der Waals surface area contributed by atoms with Gasteiger partial charge in [-0.1, -0.05) is 0 Å². The van der Waals surface area contributed by atoms with Crippen molar-refractivity contribution in [3.8, 4) is 5.75 Å². The fourth-order valence-electron chi connectivity index (χ4n) is 2.15. The Hall–Kier alpha value is -0.0000000000000000555. The molecule has 1 aliphatic heterocycles. The first-order valence-corrected chi connectivity index (χ1v) is 6.89. The molecule has 1 fully saturated rings. The molecule has 0 bridgehead atoms. The van der Waals surface area contributed by atoms with Gasteiger partial charge in [-0.3, -0.25) is 0 Å². The lowest BCUT2D eigenvalue weighted by Crippen LogP contribution is -2.34. The van der Waals surface area contributed by atoms with Gasteiger partial charge in [0.2, 0.25) is 0 Å². The predicted molar refractivity (Wildman–Crippen MR) is 82.1 cm³/mol. The zero-order valence-corrected chi connectivity index (χ0v) is 13.0. The van der Waals surface area contributed by atoms with E-state index in [1.54, 1.807) is 0 Å². The molecule has 1 heterocycles. The highest BCUT2D eigenvalue weighted by Gasteiger charge is 2.17. The number of likely N-dealkylation sites (tertiary alicyclic amines) is 1. The lowest BCUT2D eigenvalue weighted by molar-refractivity contribution is 0.150. The highest BCUT2D eigenvalue weighted by atomic mass is 127. The first kappa shape index (κ1) is 15.1. The number of halogens is 2. The van der Waals surface area contributed by atoms with E-state index in [1.807, 2.05) is 12.1 Å². The van der Waals surface area contributed by atoms with E-state index >= 15 is 0 Å². The molecule has 0 radical (unpaired) electrons. The summed E-state index contributed by atoms with van der Waals surface area (Å²) >= 11 is 2.31. The van der Waals surface area contributed by atoms with Gasteiger partial charge < -0.3 is 9.64 Å². The summed E-state index contributed by atoms with van der Waals surface area (Å²) in [6, 6.07) is 8.27. The normalized spacial score (nSPS) is 20.7. The Kier molecular flexibility index (Phi) is 6.59. The first-order chi connectivity index (χ1) is 7.74. The molecule has 4 heteroatoms. The highest BCUT2D eigenvalue weighted by Crippen LogP contribution is 2.18. The van der Waals surface area contributed by atoms with Crippen LogP contribution in [0.25, 0.3) is 0 Å². The molecule has 0 unspecified atom stereocenters. The van der Waals surface area contributed by atoms with Crippen LogP contribution in [-0.2, 0) is 0 Å². The number of nitrogens with zero attached hydrogens (tertiary/aromatic N) is 1. The topological polar surface area (TPSA) is 12.5 Å². The number of benzene rings is 1. The average Bonchev–Trinajstić information content (AvgIpc) is 2.28. The van der Waals surface area contributed by atoms with Crippen LogP contribution in [0.15, 0.2) is 24.3 Å². The smallest absolute Gasteiger partial charge is 0.119 e. The fraction of sp³-hybridized carbons (Fsp3) is 0.538. The van der Waals surface area contributed by atoms with Gasteiger partial charge in [-0.15, -0.1) is 12.4 Å². The summed E-state index contributed by atoms with van der Waals surface area (Å²) in [6.07, 6.45) is 2.60. The third-order valence-corrected chi connectivity index (χ3v) is 3.74. The minimum atomic E-state index is 0. The van der Waals surface area contributed by atoms with Gasteiger partial charge in [0.15, 0.2) is 0 Å². The predicted octanol–water partition coefficient (Wildman–Crippen LogP) is 3.43. The standard InChI is InChI=1S/C13H18INO.ClH/c1-15-8-2-3-11(9-15)10-16-13-6-4-12(14)5-7-13;/h4-7,11H,2-3,8-10H2,1H3;1H/t11-;/m0./s1. The SMILES string of the molecule is CN1CCC[C@H](COc2ccc(I)cc2)C1.Cl. The number of hydrogen-bond donors (Lipinski definition) is 0. The van der Waals surface area contributed by atoms with Crippen molar-refractivity contribution in [1.29, 1.82) is 0 Å². The van der Waals surface area contributed by atoms with E-state index in [0.717, 1.165) is 12.4 Å². The fourth-order valence-corrected chi connectivity index (χ4v) is 2.51. The minimum Gasteiger partial charge on any atom is -0.493 e. The summed E-state index contributed by atoms with van der Waals surface area (Å²) in [5.41, 5.74) is 0. The highest BCUT2D eigenvalue weighted by molar-refractivity contribution is 14.1. The first-order valence-electron chi connectivity index (χ1n) is 5.81. The third kappa shape index (κ3) is 5.02. The molecule has 0 spiro atoms. The maximum absolute atomic E-state index is 5.82. The summed E-state index contributed by atoms with van der Waals surface area (Å²) in [7, 11) is 2.19. The second-order valence-electron chi connectivity index (χ2n) is 4.54. The summed E-state index contributed by atoms with van der Waals surface area (Å²) in [5.74, 6) is 1.69. The molecule has 17 heavy (non-hydrogen) atoms. The monoisotopic (exact) mass is 367 g/mol. The van der Waals surface area contributed by atoms with Gasteiger partial charge in [0.25, 0.3) is 0 Å². The molecule has 0 amide bonds. The van der Waals surface area contributed by atoms with Crippen LogP contribution in [0.3, 0.4) is 0 Å². The average molecular weight is 368 g/mol. The lowest BCUT2D eigenvalue weighted by atomic mass is 10.00. The molecule has 2 rings (SSSR count). The van der Waals surface area contributed by atoms with Crippen molar-refractivity contribution in [2.75, 3.05) is 26.7 Å². The van der Waals surface area contributed by atoms with Crippen LogP contribution >= 0.6 is 35.0 Å². The van der Waals surface area contributed by atoms with Crippen molar-refractivity contribution in [2.45, 2.75) is 12.8 Å². The van der Waals surface area contributed by atoms with Crippen molar-refractivity contribution in [1.82, 2.24) is 4.90 Å². The van der Waals surface area contributed by atoms with E-state index in [2.05, 4.69) is 46.7 Å². The summed E-state index contributed by atoms with van der Waals surface area (Å²) in [6.45, 7) is 3.26. The third-order valence-electron chi connectivity index (χ3n) is 3.02. The van der Waals surface area contributed by atoms with Crippen molar-refractivity contribution < 1.29 is 4.74 Å². The Bertz CT molecular complexity index is 331. The molecule has 0 saturated carbocycles. The quantitative estimate of drug-likeness (QED) is 0.759. The Balaban J connectivity index is 0.00000144. The molecule has 0 aromatic heterocycles. The van der Waals surface area contributed by atoms with Crippen LogP contribution in [0.1, 0.15) is 12.8 Å². The lowest BCUT2D eigenvalue weighted by Gasteiger charge is -2.29. The molecule has 1 aromatic carbocycles. The molecule has 0 aliphatic carbocycles. The maximum atomic E-state index is 5.82. The molecule has 1 saturated heterocycles. The Morgan fingerprint density at radius 3 is 2.71 bits per heavy atom. The second-order valence-corrected chi connectivity index (χ2v) is 5.78. The van der Waals surface area contributed by atoms with Crippen LogP contribution in [0.2, 0.25) is 0 Å². The maximum Gasteiger partial charge on any atom is 0.119 e. The minimum absolute atomic E-state index is 0. The van der Waals surface area contributed by atoms with Gasteiger partial charge in [-0.25, -0.2) is 0 Å². The Morgan fingerprint density at radius 2 is 2.06 bits per heavy atom. The number of hydrogen-bond acceptors (Lipinski definition) is 2. The van der Waals surface area contributed by atoms with Crippen LogP contribution in [0, 0.1) is 9.49 Å². The molecule has 1 atom stereocenters. The number of ether oxygens (including phenoxy) is 1. The molecule has 2 nitrogen and oxygen atoms in total. The van der Waals surface area contributed by atoms with E-state index < -0.39 is 0 Å². The zero-order chi connectivity index (χ0) is 11.4. The van der Waals surface area contributed by atoms with Gasteiger partial charge in [-0.05, 0) is 73.3 Å². The van der Waals surface area contributed by atoms with Crippen molar-refractivity contribution in [3.63, 3.8) is 0 Å². The van der Waals surface area contributed by atoms with Crippen LogP contribution < -0.4 is 4.74 Å². The van der Waals surface area contributed by atoms with E-state index in [1.165, 1.54) is 29.5 Å². The van der Waals surface area contributed by atoms with Gasteiger partial charge in [0.05, 0.1) is 6.61 Å².